The van der Waals surface area contributed by atoms with Crippen LogP contribution in [-0.2, 0) is 4.79 Å². The maximum atomic E-state index is 12.3. The number of anilines is 2. The molecule has 0 atom stereocenters. The van der Waals surface area contributed by atoms with Crippen LogP contribution < -0.4 is 10.6 Å². The van der Waals surface area contributed by atoms with Crippen LogP contribution in [0.4, 0.5) is 11.4 Å². The van der Waals surface area contributed by atoms with Gasteiger partial charge in [0.25, 0.3) is 5.91 Å². The molecule has 2 amide bonds. The van der Waals surface area contributed by atoms with Gasteiger partial charge in [0, 0.05) is 23.7 Å². The van der Waals surface area contributed by atoms with E-state index in [1.54, 1.807) is 30.3 Å². The molecule has 23 heavy (non-hydrogen) atoms. The largest absolute Gasteiger partial charge is 0.451 e. The van der Waals surface area contributed by atoms with Crippen molar-refractivity contribution < 1.29 is 14.0 Å². The molecule has 2 N–H and O–H groups in total. The van der Waals surface area contributed by atoms with Gasteiger partial charge in [-0.1, -0.05) is 18.2 Å². The molecule has 5 heteroatoms. The van der Waals surface area contributed by atoms with Crippen LogP contribution in [0.15, 0.2) is 52.9 Å². The smallest absolute Gasteiger partial charge is 0.291 e. The number of carbonyl (C=O) groups excluding carboxylic acids is 2. The van der Waals surface area contributed by atoms with Crippen LogP contribution in [0.1, 0.15) is 23.0 Å². The van der Waals surface area contributed by atoms with Crippen molar-refractivity contribution in [3.63, 3.8) is 0 Å². The van der Waals surface area contributed by atoms with Gasteiger partial charge in [0.1, 0.15) is 5.58 Å². The third-order valence-electron chi connectivity index (χ3n) is 3.43. The van der Waals surface area contributed by atoms with Gasteiger partial charge in [-0.05, 0) is 42.8 Å². The molecule has 0 aliphatic rings. The van der Waals surface area contributed by atoms with Gasteiger partial charge in [-0.2, -0.15) is 0 Å². The van der Waals surface area contributed by atoms with Gasteiger partial charge in [-0.15, -0.1) is 0 Å². The van der Waals surface area contributed by atoms with Crippen molar-refractivity contribution in [2.75, 3.05) is 10.6 Å². The lowest BCUT2D eigenvalue weighted by Gasteiger charge is -2.05. The summed E-state index contributed by atoms with van der Waals surface area (Å²) in [6.45, 7) is 3.38. The maximum Gasteiger partial charge on any atom is 0.291 e. The number of nitrogens with one attached hydrogen (secondary N) is 2. The number of amides is 2. The second-order valence-corrected chi connectivity index (χ2v) is 5.32. The second-order valence-electron chi connectivity index (χ2n) is 5.32. The minimum Gasteiger partial charge on any atom is -0.451 e. The standard InChI is InChI=1S/C18H16N2O3/c1-11-4-3-5-13-10-16(23-17(11)13)18(22)20-15-8-6-14(7-9-15)19-12(2)21/h3-10H,1-2H3,(H,19,21)(H,20,22). The summed E-state index contributed by atoms with van der Waals surface area (Å²) in [6.07, 6.45) is 0. The molecular formula is C18H16N2O3. The molecule has 0 spiro atoms. The van der Waals surface area contributed by atoms with Gasteiger partial charge >= 0.3 is 0 Å². The summed E-state index contributed by atoms with van der Waals surface area (Å²) in [7, 11) is 0. The summed E-state index contributed by atoms with van der Waals surface area (Å²) in [5.41, 5.74) is 3.01. The summed E-state index contributed by atoms with van der Waals surface area (Å²) in [6, 6.07) is 14.4. The van der Waals surface area contributed by atoms with Crippen molar-refractivity contribution in [1.29, 1.82) is 0 Å². The first kappa shape index (κ1) is 14.8. The third-order valence-corrected chi connectivity index (χ3v) is 3.43. The van der Waals surface area contributed by atoms with Crippen LogP contribution >= 0.6 is 0 Å². The highest BCUT2D eigenvalue weighted by Gasteiger charge is 2.13. The Morgan fingerprint density at radius 2 is 1.61 bits per heavy atom. The van der Waals surface area contributed by atoms with Crippen LogP contribution in [0.2, 0.25) is 0 Å². The number of furan rings is 1. The molecule has 0 aliphatic carbocycles. The number of fused-ring (bicyclic) bond motifs is 1. The van der Waals surface area contributed by atoms with Crippen molar-refractivity contribution in [2.24, 2.45) is 0 Å². The first-order chi connectivity index (χ1) is 11.0. The van der Waals surface area contributed by atoms with E-state index >= 15 is 0 Å². The Bertz CT molecular complexity index is 879. The van der Waals surface area contributed by atoms with Crippen LogP contribution in [-0.4, -0.2) is 11.8 Å². The summed E-state index contributed by atoms with van der Waals surface area (Å²) in [5, 5.41) is 6.34. The molecule has 0 bridgehead atoms. The average molecular weight is 308 g/mol. The van der Waals surface area contributed by atoms with Crippen molar-refractivity contribution in [3.05, 3.63) is 59.9 Å². The van der Waals surface area contributed by atoms with Gasteiger partial charge < -0.3 is 15.1 Å². The number of hydrogen-bond donors (Lipinski definition) is 2. The Kier molecular flexibility index (Phi) is 3.85. The summed E-state index contributed by atoms with van der Waals surface area (Å²) in [4.78, 5) is 23.3. The fourth-order valence-corrected chi connectivity index (χ4v) is 2.35. The van der Waals surface area contributed by atoms with E-state index in [0.717, 1.165) is 16.5 Å². The normalized spacial score (nSPS) is 10.5. The molecule has 2 aromatic carbocycles. The Balaban J connectivity index is 1.77. The molecule has 0 fully saturated rings. The molecule has 1 heterocycles. The summed E-state index contributed by atoms with van der Waals surface area (Å²) >= 11 is 0. The lowest BCUT2D eigenvalue weighted by Crippen LogP contribution is -2.11. The van der Waals surface area contributed by atoms with Gasteiger partial charge in [-0.3, -0.25) is 9.59 Å². The Morgan fingerprint density at radius 3 is 2.22 bits per heavy atom. The first-order valence-corrected chi connectivity index (χ1v) is 7.21. The topological polar surface area (TPSA) is 71.3 Å². The number of benzene rings is 2. The van der Waals surface area contributed by atoms with Crippen LogP contribution in [0, 0.1) is 6.92 Å². The van der Waals surface area contributed by atoms with E-state index in [1.165, 1.54) is 6.92 Å². The van der Waals surface area contributed by atoms with E-state index < -0.39 is 0 Å². The van der Waals surface area contributed by atoms with E-state index in [4.69, 9.17) is 4.42 Å². The lowest BCUT2D eigenvalue weighted by atomic mass is 10.2. The fourth-order valence-electron chi connectivity index (χ4n) is 2.35. The van der Waals surface area contributed by atoms with E-state index in [9.17, 15) is 9.59 Å². The van der Waals surface area contributed by atoms with Crippen molar-refractivity contribution >= 4 is 34.2 Å². The quantitative estimate of drug-likeness (QED) is 0.769. The van der Waals surface area contributed by atoms with Gasteiger partial charge in [0.15, 0.2) is 5.76 Å². The van der Waals surface area contributed by atoms with Crippen molar-refractivity contribution in [2.45, 2.75) is 13.8 Å². The van der Waals surface area contributed by atoms with E-state index in [-0.39, 0.29) is 17.6 Å². The molecular weight excluding hydrogens is 292 g/mol. The van der Waals surface area contributed by atoms with Gasteiger partial charge in [0.05, 0.1) is 0 Å². The summed E-state index contributed by atoms with van der Waals surface area (Å²) in [5.74, 6) is -0.187. The SMILES string of the molecule is CC(=O)Nc1ccc(NC(=O)c2cc3cccc(C)c3o2)cc1. The lowest BCUT2D eigenvalue weighted by molar-refractivity contribution is -0.114. The zero-order chi connectivity index (χ0) is 16.4. The summed E-state index contributed by atoms with van der Waals surface area (Å²) < 4.78 is 5.64. The predicted octanol–water partition coefficient (Wildman–Crippen LogP) is 3.95. The molecule has 0 radical (unpaired) electrons. The molecule has 0 saturated heterocycles. The minimum atomic E-state index is -0.312. The number of rotatable bonds is 3. The van der Waals surface area contributed by atoms with E-state index in [2.05, 4.69) is 10.6 Å². The van der Waals surface area contributed by atoms with Gasteiger partial charge in [0.2, 0.25) is 5.91 Å². The van der Waals surface area contributed by atoms with Crippen molar-refractivity contribution in [1.82, 2.24) is 0 Å². The molecule has 116 valence electrons. The van der Waals surface area contributed by atoms with Crippen LogP contribution in [0.5, 0.6) is 0 Å². The van der Waals surface area contributed by atoms with Crippen LogP contribution in [0.25, 0.3) is 11.0 Å². The molecule has 0 saturated carbocycles. The molecule has 0 aliphatic heterocycles. The molecule has 0 unspecified atom stereocenters. The van der Waals surface area contributed by atoms with Crippen LogP contribution in [0.3, 0.4) is 0 Å². The maximum absolute atomic E-state index is 12.3. The van der Waals surface area contributed by atoms with E-state index in [1.807, 2.05) is 25.1 Å². The van der Waals surface area contributed by atoms with Crippen molar-refractivity contribution in [3.8, 4) is 0 Å². The Morgan fingerprint density at radius 1 is 0.957 bits per heavy atom. The van der Waals surface area contributed by atoms with Gasteiger partial charge in [-0.25, -0.2) is 0 Å². The monoisotopic (exact) mass is 308 g/mol. The minimum absolute atomic E-state index is 0.139. The Hall–Kier alpha value is -3.08. The third kappa shape index (κ3) is 3.23. The fraction of sp³-hybridized carbons (Fsp3) is 0.111. The Labute approximate surface area is 133 Å². The second kappa shape index (κ2) is 5.96. The molecule has 1 aromatic heterocycles. The zero-order valence-corrected chi connectivity index (χ0v) is 12.8. The highest BCUT2D eigenvalue weighted by Crippen LogP contribution is 2.23. The van der Waals surface area contributed by atoms with E-state index in [0.29, 0.717) is 11.4 Å². The molecule has 3 rings (SSSR count). The zero-order valence-electron chi connectivity index (χ0n) is 12.8. The number of hydrogen-bond acceptors (Lipinski definition) is 3. The highest BCUT2D eigenvalue weighted by atomic mass is 16.3. The average Bonchev–Trinajstić information content (AvgIpc) is 2.94. The highest BCUT2D eigenvalue weighted by molar-refractivity contribution is 6.05. The number of aryl methyl sites for hydroxylation is 1. The number of carbonyl (C=O) groups is 2. The number of para-hydroxylation sites is 1. The molecule has 3 aromatic rings. The predicted molar refractivity (Wildman–Crippen MR) is 89.6 cm³/mol. The first-order valence-electron chi connectivity index (χ1n) is 7.21. The molecule has 5 nitrogen and oxygen atoms in total.